The van der Waals surface area contributed by atoms with Crippen LogP contribution in [0.4, 0.5) is 5.13 Å². The average molecular weight is 240 g/mol. The van der Waals surface area contributed by atoms with Gasteiger partial charge in [0.1, 0.15) is 5.82 Å². The Morgan fingerprint density at radius 1 is 1.50 bits per heavy atom. The second kappa shape index (κ2) is 5.25. The zero-order valence-electron chi connectivity index (χ0n) is 9.11. The summed E-state index contributed by atoms with van der Waals surface area (Å²) in [6.07, 6.45) is 4.69. The Morgan fingerprint density at radius 2 is 2.31 bits per heavy atom. The fraction of sp³-hybridized carbons (Fsp3) is 0.700. The number of rotatable bonds is 7. The van der Waals surface area contributed by atoms with E-state index in [4.69, 9.17) is 5.73 Å². The summed E-state index contributed by atoms with van der Waals surface area (Å²) in [4.78, 5) is 14.9. The minimum atomic E-state index is -0.230. The van der Waals surface area contributed by atoms with Crippen molar-refractivity contribution in [2.75, 3.05) is 11.9 Å². The lowest BCUT2D eigenvalue weighted by Gasteiger charge is -2.00. The third kappa shape index (κ3) is 3.44. The molecule has 0 bridgehead atoms. The standard InChI is InChI=1S/C10H16N4OS/c11-8(15)3-1-2-6-12-10-13-9(14-16-10)7-4-5-7/h7H,1-6H2,(H2,11,15)(H,12,13,14). The van der Waals surface area contributed by atoms with Gasteiger partial charge in [0.05, 0.1) is 0 Å². The van der Waals surface area contributed by atoms with Crippen LogP contribution in [0.25, 0.3) is 0 Å². The van der Waals surface area contributed by atoms with Gasteiger partial charge in [-0.2, -0.15) is 4.37 Å². The number of hydrogen-bond donors (Lipinski definition) is 2. The van der Waals surface area contributed by atoms with Crippen LogP contribution < -0.4 is 11.1 Å². The Morgan fingerprint density at radius 3 is 3.00 bits per heavy atom. The van der Waals surface area contributed by atoms with Gasteiger partial charge in [-0.25, -0.2) is 4.98 Å². The molecule has 5 nitrogen and oxygen atoms in total. The number of primary amides is 1. The van der Waals surface area contributed by atoms with Crippen molar-refractivity contribution in [1.82, 2.24) is 9.36 Å². The zero-order chi connectivity index (χ0) is 11.4. The minimum Gasteiger partial charge on any atom is -0.370 e. The van der Waals surface area contributed by atoms with Gasteiger partial charge in [0, 0.05) is 30.4 Å². The van der Waals surface area contributed by atoms with Crippen molar-refractivity contribution in [3.63, 3.8) is 0 Å². The summed E-state index contributed by atoms with van der Waals surface area (Å²) >= 11 is 1.42. The van der Waals surface area contributed by atoms with Gasteiger partial charge in [0.2, 0.25) is 11.0 Å². The van der Waals surface area contributed by atoms with Crippen molar-refractivity contribution >= 4 is 22.6 Å². The number of unbranched alkanes of at least 4 members (excludes halogenated alkanes) is 1. The highest BCUT2D eigenvalue weighted by atomic mass is 32.1. The van der Waals surface area contributed by atoms with E-state index in [2.05, 4.69) is 14.7 Å². The van der Waals surface area contributed by atoms with Crippen LogP contribution in [0.15, 0.2) is 0 Å². The summed E-state index contributed by atoms with van der Waals surface area (Å²) in [7, 11) is 0. The molecule has 3 N–H and O–H groups in total. The van der Waals surface area contributed by atoms with E-state index in [-0.39, 0.29) is 5.91 Å². The number of nitrogens with two attached hydrogens (primary N) is 1. The van der Waals surface area contributed by atoms with Gasteiger partial charge in [-0.3, -0.25) is 4.79 Å². The van der Waals surface area contributed by atoms with Crippen LogP contribution >= 0.6 is 11.5 Å². The van der Waals surface area contributed by atoms with E-state index in [1.807, 2.05) is 0 Å². The number of anilines is 1. The number of aromatic nitrogens is 2. The third-order valence-corrected chi connectivity index (χ3v) is 3.20. The first-order valence-corrected chi connectivity index (χ1v) is 6.39. The molecule has 0 radical (unpaired) electrons. The predicted octanol–water partition coefficient (Wildman–Crippen LogP) is 1.48. The summed E-state index contributed by atoms with van der Waals surface area (Å²) in [5.41, 5.74) is 5.05. The maximum atomic E-state index is 10.5. The molecule has 0 aliphatic heterocycles. The highest BCUT2D eigenvalue weighted by molar-refractivity contribution is 7.09. The normalized spacial score (nSPS) is 15.0. The lowest BCUT2D eigenvalue weighted by molar-refractivity contribution is -0.118. The molecule has 0 spiro atoms. The average Bonchev–Trinajstić information content (AvgIpc) is 2.99. The molecule has 1 saturated carbocycles. The Labute approximate surface area is 98.6 Å². The van der Waals surface area contributed by atoms with Crippen molar-refractivity contribution in [2.45, 2.75) is 38.0 Å². The molecule has 0 unspecified atom stereocenters. The molecule has 88 valence electrons. The molecular formula is C10H16N4OS. The van der Waals surface area contributed by atoms with E-state index in [1.54, 1.807) is 0 Å². The van der Waals surface area contributed by atoms with Gasteiger partial charge < -0.3 is 11.1 Å². The summed E-state index contributed by atoms with van der Waals surface area (Å²) < 4.78 is 4.30. The van der Waals surface area contributed by atoms with Gasteiger partial charge >= 0.3 is 0 Å². The highest BCUT2D eigenvalue weighted by Gasteiger charge is 2.27. The number of carbonyl (C=O) groups excluding carboxylic acids is 1. The van der Waals surface area contributed by atoms with Crippen molar-refractivity contribution in [3.05, 3.63) is 5.82 Å². The topological polar surface area (TPSA) is 80.9 Å². The number of hydrogen-bond acceptors (Lipinski definition) is 5. The Bertz CT molecular complexity index is 361. The molecule has 6 heteroatoms. The molecule has 1 heterocycles. The largest absolute Gasteiger partial charge is 0.370 e. The number of nitrogens with zero attached hydrogens (tertiary/aromatic N) is 2. The van der Waals surface area contributed by atoms with Crippen LogP contribution in [-0.4, -0.2) is 21.8 Å². The smallest absolute Gasteiger partial charge is 0.217 e. The van der Waals surface area contributed by atoms with Gasteiger partial charge in [-0.15, -0.1) is 0 Å². The number of carbonyl (C=O) groups is 1. The molecule has 0 saturated heterocycles. The highest BCUT2D eigenvalue weighted by Crippen LogP contribution is 2.39. The van der Waals surface area contributed by atoms with Crippen molar-refractivity contribution in [1.29, 1.82) is 0 Å². The van der Waals surface area contributed by atoms with Crippen LogP contribution in [0, 0.1) is 0 Å². The Hall–Kier alpha value is -1.17. The summed E-state index contributed by atoms with van der Waals surface area (Å²) in [5, 5.41) is 4.10. The second-order valence-corrected chi connectivity index (χ2v) is 4.83. The first-order chi connectivity index (χ1) is 7.75. The second-order valence-electron chi connectivity index (χ2n) is 4.08. The molecular weight excluding hydrogens is 224 g/mol. The molecule has 1 fully saturated rings. The summed E-state index contributed by atoms with van der Waals surface area (Å²) in [6.45, 7) is 0.826. The summed E-state index contributed by atoms with van der Waals surface area (Å²) in [5.74, 6) is 1.37. The molecule has 0 aromatic carbocycles. The summed E-state index contributed by atoms with van der Waals surface area (Å²) in [6, 6.07) is 0. The SMILES string of the molecule is NC(=O)CCCCNc1nc(C2CC2)ns1. The van der Waals surface area contributed by atoms with Crippen LogP contribution in [-0.2, 0) is 4.79 Å². The minimum absolute atomic E-state index is 0.230. The van der Waals surface area contributed by atoms with Gasteiger partial charge in [0.25, 0.3) is 0 Å². The Kier molecular flexibility index (Phi) is 3.71. The number of nitrogens with one attached hydrogen (secondary N) is 1. The van der Waals surface area contributed by atoms with Gasteiger partial charge in [-0.1, -0.05) is 0 Å². The van der Waals surface area contributed by atoms with Crippen molar-refractivity contribution in [3.8, 4) is 0 Å². The van der Waals surface area contributed by atoms with E-state index >= 15 is 0 Å². The Balaban J connectivity index is 1.63. The fourth-order valence-electron chi connectivity index (χ4n) is 1.43. The van der Waals surface area contributed by atoms with Crippen LogP contribution in [0.2, 0.25) is 0 Å². The van der Waals surface area contributed by atoms with Gasteiger partial charge in [0.15, 0.2) is 0 Å². The molecule has 1 aliphatic rings. The first kappa shape index (κ1) is 11.3. The molecule has 1 aromatic heterocycles. The van der Waals surface area contributed by atoms with E-state index in [9.17, 15) is 4.79 Å². The van der Waals surface area contributed by atoms with Crippen LogP contribution in [0.5, 0.6) is 0 Å². The fourth-order valence-corrected chi connectivity index (χ4v) is 2.10. The lowest BCUT2D eigenvalue weighted by Crippen LogP contribution is -2.10. The number of amides is 1. The van der Waals surface area contributed by atoms with E-state index < -0.39 is 0 Å². The molecule has 0 atom stereocenters. The molecule has 1 amide bonds. The zero-order valence-corrected chi connectivity index (χ0v) is 9.92. The molecule has 2 rings (SSSR count). The van der Waals surface area contributed by atoms with Crippen LogP contribution in [0.1, 0.15) is 43.8 Å². The van der Waals surface area contributed by atoms with Crippen molar-refractivity contribution < 1.29 is 4.79 Å². The van der Waals surface area contributed by atoms with Gasteiger partial charge in [-0.05, 0) is 25.7 Å². The first-order valence-electron chi connectivity index (χ1n) is 5.61. The van der Waals surface area contributed by atoms with Crippen molar-refractivity contribution in [2.24, 2.45) is 5.73 Å². The lowest BCUT2D eigenvalue weighted by atomic mass is 10.2. The maximum Gasteiger partial charge on any atom is 0.217 e. The molecule has 1 aliphatic carbocycles. The maximum absolute atomic E-state index is 10.5. The van der Waals surface area contributed by atoms with E-state index in [0.717, 1.165) is 30.3 Å². The quantitative estimate of drug-likeness (QED) is 0.707. The predicted molar refractivity (Wildman–Crippen MR) is 63.4 cm³/mol. The third-order valence-electron chi connectivity index (χ3n) is 2.51. The molecule has 1 aromatic rings. The van der Waals surface area contributed by atoms with E-state index in [1.165, 1.54) is 24.4 Å². The van der Waals surface area contributed by atoms with E-state index in [0.29, 0.717) is 12.3 Å². The van der Waals surface area contributed by atoms with Crippen LogP contribution in [0.3, 0.4) is 0 Å². The molecule has 16 heavy (non-hydrogen) atoms. The monoisotopic (exact) mass is 240 g/mol.